The van der Waals surface area contributed by atoms with Crippen LogP contribution in [0.4, 0.5) is 0 Å². The molecule has 0 radical (unpaired) electrons. The van der Waals surface area contributed by atoms with Gasteiger partial charge in [0.2, 0.25) is 5.91 Å². The van der Waals surface area contributed by atoms with Crippen LogP contribution in [-0.4, -0.2) is 39.2 Å². The molecule has 17 heavy (non-hydrogen) atoms. The molecule has 0 aromatic rings. The Kier molecular flexibility index (Phi) is 5.11. The molecule has 1 aliphatic carbocycles. The van der Waals surface area contributed by atoms with E-state index in [-0.39, 0.29) is 23.0 Å². The minimum atomic E-state index is -0.951. The van der Waals surface area contributed by atoms with Crippen molar-refractivity contribution >= 4 is 22.7 Å². The van der Waals surface area contributed by atoms with Crippen LogP contribution in [-0.2, 0) is 20.4 Å². The second-order valence-electron chi connectivity index (χ2n) is 4.60. The quantitative estimate of drug-likeness (QED) is 0.749. The fourth-order valence-corrected chi connectivity index (χ4v) is 2.27. The van der Waals surface area contributed by atoms with Crippen molar-refractivity contribution in [2.75, 3.05) is 12.8 Å². The molecular weight excluding hydrogens is 242 g/mol. The van der Waals surface area contributed by atoms with Crippen LogP contribution in [0.25, 0.3) is 0 Å². The fraction of sp³-hybridized carbons (Fsp3) is 0.818. The normalized spacial score (nSPS) is 27.4. The summed E-state index contributed by atoms with van der Waals surface area (Å²) in [6.45, 7) is 2.20. The van der Waals surface area contributed by atoms with Gasteiger partial charge in [-0.1, -0.05) is 0 Å². The summed E-state index contributed by atoms with van der Waals surface area (Å²) in [5.74, 6) is -1.51. The lowest BCUT2D eigenvalue weighted by Crippen LogP contribution is -2.36. The number of amides is 1. The number of hydrogen-bond donors (Lipinski definition) is 2. The molecule has 1 amide bonds. The van der Waals surface area contributed by atoms with E-state index in [4.69, 9.17) is 5.11 Å². The minimum absolute atomic E-state index is 0.0735. The average Bonchev–Trinajstić information content (AvgIpc) is 2.74. The average molecular weight is 261 g/mol. The van der Waals surface area contributed by atoms with Crippen LogP contribution in [0, 0.1) is 11.8 Å². The number of aliphatic carboxylic acids is 1. The molecule has 2 N–H and O–H groups in total. The van der Waals surface area contributed by atoms with Crippen molar-refractivity contribution in [3.63, 3.8) is 0 Å². The van der Waals surface area contributed by atoms with E-state index in [1.54, 1.807) is 6.26 Å². The van der Waals surface area contributed by atoms with E-state index >= 15 is 0 Å². The maximum atomic E-state index is 11.7. The van der Waals surface area contributed by atoms with Crippen molar-refractivity contribution in [2.24, 2.45) is 11.8 Å². The molecule has 0 aliphatic heterocycles. The Morgan fingerprint density at radius 1 is 1.41 bits per heavy atom. The van der Waals surface area contributed by atoms with E-state index in [1.807, 2.05) is 6.92 Å². The van der Waals surface area contributed by atoms with Gasteiger partial charge < -0.3 is 10.4 Å². The van der Waals surface area contributed by atoms with E-state index in [1.165, 1.54) is 0 Å². The summed E-state index contributed by atoms with van der Waals surface area (Å²) in [4.78, 5) is 22.5. The molecule has 0 spiro atoms. The van der Waals surface area contributed by atoms with Gasteiger partial charge in [0, 0.05) is 34.8 Å². The van der Waals surface area contributed by atoms with Crippen LogP contribution in [0.15, 0.2) is 0 Å². The van der Waals surface area contributed by atoms with E-state index in [0.29, 0.717) is 25.8 Å². The molecule has 0 aromatic carbocycles. The molecule has 4 unspecified atom stereocenters. The number of hydrogen-bond acceptors (Lipinski definition) is 3. The van der Waals surface area contributed by atoms with Crippen LogP contribution in [0.2, 0.25) is 0 Å². The van der Waals surface area contributed by atoms with Gasteiger partial charge in [-0.25, -0.2) is 0 Å². The molecule has 98 valence electrons. The fourth-order valence-electron chi connectivity index (χ4n) is 1.95. The van der Waals surface area contributed by atoms with Crippen LogP contribution in [0.5, 0.6) is 0 Å². The van der Waals surface area contributed by atoms with Gasteiger partial charge in [-0.15, -0.1) is 0 Å². The highest BCUT2D eigenvalue weighted by molar-refractivity contribution is 7.84. The summed E-state index contributed by atoms with van der Waals surface area (Å²) in [6, 6.07) is 0. The van der Waals surface area contributed by atoms with Crippen molar-refractivity contribution in [3.8, 4) is 0 Å². The van der Waals surface area contributed by atoms with Crippen molar-refractivity contribution in [2.45, 2.75) is 31.4 Å². The minimum Gasteiger partial charge on any atom is -0.481 e. The van der Waals surface area contributed by atoms with Crippen LogP contribution >= 0.6 is 0 Å². The molecular formula is C11H19NO4S. The molecule has 1 saturated carbocycles. The zero-order chi connectivity index (χ0) is 13.0. The van der Waals surface area contributed by atoms with Gasteiger partial charge in [-0.3, -0.25) is 13.8 Å². The summed E-state index contributed by atoms with van der Waals surface area (Å²) < 4.78 is 11.1. The van der Waals surface area contributed by atoms with E-state index in [9.17, 15) is 13.8 Å². The van der Waals surface area contributed by atoms with E-state index in [0.717, 1.165) is 0 Å². The smallest absolute Gasteiger partial charge is 0.306 e. The van der Waals surface area contributed by atoms with Crippen molar-refractivity contribution in [1.82, 2.24) is 5.32 Å². The summed E-state index contributed by atoms with van der Waals surface area (Å²) in [7, 11) is -0.951. The van der Waals surface area contributed by atoms with Gasteiger partial charge in [0.15, 0.2) is 0 Å². The summed E-state index contributed by atoms with van der Waals surface area (Å²) >= 11 is 0. The molecule has 0 saturated heterocycles. The number of carbonyl (C=O) groups excluding carboxylic acids is 1. The highest BCUT2D eigenvalue weighted by Gasteiger charge is 2.33. The Bertz CT molecular complexity index is 331. The maximum absolute atomic E-state index is 11.7. The van der Waals surface area contributed by atoms with Crippen LogP contribution < -0.4 is 5.32 Å². The zero-order valence-corrected chi connectivity index (χ0v) is 11.0. The Labute approximate surface area is 103 Å². The number of carbonyl (C=O) groups is 2. The lowest BCUT2D eigenvalue weighted by molar-refractivity contribution is -0.141. The second kappa shape index (κ2) is 6.14. The first-order valence-corrected chi connectivity index (χ1v) is 7.36. The molecule has 0 heterocycles. The molecule has 0 bridgehead atoms. The molecule has 1 fully saturated rings. The Morgan fingerprint density at radius 3 is 2.47 bits per heavy atom. The first-order valence-electron chi connectivity index (χ1n) is 5.74. The lowest BCUT2D eigenvalue weighted by Gasteiger charge is -2.13. The van der Waals surface area contributed by atoms with Crippen LogP contribution in [0.3, 0.4) is 0 Å². The van der Waals surface area contributed by atoms with Gasteiger partial charge in [-0.05, 0) is 26.2 Å². The molecule has 6 heteroatoms. The lowest BCUT2D eigenvalue weighted by atomic mass is 10.0. The predicted octanol–water partition coefficient (Wildman–Crippen LogP) is 0.370. The topological polar surface area (TPSA) is 83.5 Å². The van der Waals surface area contributed by atoms with Crippen LogP contribution in [0.1, 0.15) is 26.2 Å². The second-order valence-corrected chi connectivity index (χ2v) is 6.40. The molecule has 5 nitrogen and oxygen atoms in total. The first kappa shape index (κ1) is 14.2. The standard InChI is InChI=1S/C11H19NO4S/c1-7(17(2)16)6-12-10(13)8-3-4-9(5-8)11(14)15/h7-9H,3-6H2,1-2H3,(H,12,13)(H,14,15). The Morgan fingerprint density at radius 2 is 2.00 bits per heavy atom. The number of rotatable bonds is 5. The Hall–Kier alpha value is -0.910. The number of carboxylic acid groups (broad SMARTS) is 1. The highest BCUT2D eigenvalue weighted by Crippen LogP contribution is 2.31. The SMILES string of the molecule is CC(CNC(=O)C1CCC(C(=O)O)C1)S(C)=O. The number of carboxylic acids is 1. The van der Waals surface area contributed by atoms with E-state index in [2.05, 4.69) is 5.32 Å². The van der Waals surface area contributed by atoms with Crippen molar-refractivity contribution < 1.29 is 18.9 Å². The van der Waals surface area contributed by atoms with Gasteiger partial charge in [-0.2, -0.15) is 0 Å². The van der Waals surface area contributed by atoms with Gasteiger partial charge in [0.25, 0.3) is 0 Å². The molecule has 0 aromatic heterocycles. The summed E-state index contributed by atoms with van der Waals surface area (Å²) in [5, 5.41) is 11.5. The van der Waals surface area contributed by atoms with E-state index < -0.39 is 16.8 Å². The Balaban J connectivity index is 2.35. The van der Waals surface area contributed by atoms with Crippen molar-refractivity contribution in [3.05, 3.63) is 0 Å². The van der Waals surface area contributed by atoms with Gasteiger partial charge in [0.05, 0.1) is 5.92 Å². The summed E-state index contributed by atoms with van der Waals surface area (Å²) in [5.41, 5.74) is 0. The third-order valence-electron chi connectivity index (χ3n) is 3.28. The molecule has 1 aliphatic rings. The molecule has 4 atom stereocenters. The third-order valence-corrected chi connectivity index (χ3v) is 4.58. The van der Waals surface area contributed by atoms with Gasteiger partial charge >= 0.3 is 5.97 Å². The molecule has 1 rings (SSSR count). The summed E-state index contributed by atoms with van der Waals surface area (Å²) in [6.07, 6.45) is 3.23. The maximum Gasteiger partial charge on any atom is 0.306 e. The largest absolute Gasteiger partial charge is 0.481 e. The number of nitrogens with one attached hydrogen (secondary N) is 1. The monoisotopic (exact) mass is 261 g/mol. The first-order chi connectivity index (χ1) is 7.91. The predicted molar refractivity (Wildman–Crippen MR) is 65.0 cm³/mol. The van der Waals surface area contributed by atoms with Crippen molar-refractivity contribution in [1.29, 1.82) is 0 Å². The third kappa shape index (κ3) is 4.11. The highest BCUT2D eigenvalue weighted by atomic mass is 32.2. The van der Waals surface area contributed by atoms with Gasteiger partial charge in [0.1, 0.15) is 0 Å². The zero-order valence-electron chi connectivity index (χ0n) is 10.1.